The van der Waals surface area contributed by atoms with Crippen LogP contribution in [0, 0.1) is 6.92 Å². The topological polar surface area (TPSA) is 80.9 Å². The Hall–Kier alpha value is -2.28. The fourth-order valence-electron chi connectivity index (χ4n) is 1.92. The molecule has 0 amide bonds. The second-order valence-electron chi connectivity index (χ2n) is 4.08. The average molecular weight is 274 g/mol. The molecule has 0 bridgehead atoms. The Morgan fingerprint density at radius 2 is 2.32 bits per heavy atom. The molecule has 2 aromatic heterocycles. The molecule has 0 fully saturated rings. The molecule has 0 saturated heterocycles. The third-order valence-corrected chi connectivity index (χ3v) is 3.58. The smallest absolute Gasteiger partial charge is 0.338 e. The number of fused-ring (bicyclic) bond motifs is 1. The monoisotopic (exact) mass is 274 g/mol. The molecular weight excluding hydrogens is 264 g/mol. The van der Waals surface area contributed by atoms with E-state index in [2.05, 4.69) is 15.3 Å². The summed E-state index contributed by atoms with van der Waals surface area (Å²) in [6.07, 6.45) is 0. The summed E-state index contributed by atoms with van der Waals surface area (Å²) in [7, 11) is 0. The van der Waals surface area contributed by atoms with Crippen molar-refractivity contribution in [3.8, 4) is 0 Å². The van der Waals surface area contributed by atoms with E-state index in [0.717, 1.165) is 10.7 Å². The Morgan fingerprint density at radius 1 is 1.47 bits per heavy atom. The number of rotatable bonds is 3. The first-order valence-electron chi connectivity index (χ1n) is 5.61. The van der Waals surface area contributed by atoms with Gasteiger partial charge in [-0.1, -0.05) is 11.3 Å². The lowest BCUT2D eigenvalue weighted by Crippen LogP contribution is -2.02. The van der Waals surface area contributed by atoms with E-state index in [0.29, 0.717) is 17.6 Å². The fraction of sp³-hybridized carbons (Fsp3) is 0.167. The fourth-order valence-corrected chi connectivity index (χ4v) is 2.52. The maximum absolute atomic E-state index is 11.1. The van der Waals surface area contributed by atoms with E-state index in [4.69, 9.17) is 5.11 Å². The van der Waals surface area contributed by atoms with Gasteiger partial charge in [-0.05, 0) is 19.1 Å². The SMILES string of the molecule is Cc1nc(Cn2nnc3c(C(=O)O)cccc32)cs1. The Bertz CT molecular complexity index is 762. The van der Waals surface area contributed by atoms with E-state index in [9.17, 15) is 4.79 Å². The molecule has 3 rings (SSSR count). The molecule has 0 atom stereocenters. The van der Waals surface area contributed by atoms with Crippen LogP contribution in [0.25, 0.3) is 11.0 Å². The molecule has 0 aliphatic rings. The quantitative estimate of drug-likeness (QED) is 0.789. The first kappa shape index (κ1) is 11.8. The highest BCUT2D eigenvalue weighted by Gasteiger charge is 2.14. The van der Waals surface area contributed by atoms with Gasteiger partial charge in [0.1, 0.15) is 5.52 Å². The van der Waals surface area contributed by atoms with Crippen LogP contribution in [0.15, 0.2) is 23.6 Å². The van der Waals surface area contributed by atoms with E-state index in [1.807, 2.05) is 12.3 Å². The van der Waals surface area contributed by atoms with Crippen molar-refractivity contribution >= 4 is 28.3 Å². The number of aryl methyl sites for hydroxylation is 1. The molecule has 96 valence electrons. The summed E-state index contributed by atoms with van der Waals surface area (Å²) in [5.74, 6) is -0.998. The lowest BCUT2D eigenvalue weighted by atomic mass is 10.2. The summed E-state index contributed by atoms with van der Waals surface area (Å²) < 4.78 is 1.66. The molecule has 3 aromatic rings. The van der Waals surface area contributed by atoms with Crippen molar-refractivity contribution in [2.45, 2.75) is 13.5 Å². The van der Waals surface area contributed by atoms with Crippen molar-refractivity contribution in [3.05, 3.63) is 39.8 Å². The zero-order valence-corrected chi connectivity index (χ0v) is 10.9. The number of thiazole rings is 1. The molecular formula is C12H10N4O2S. The Morgan fingerprint density at radius 3 is 3.00 bits per heavy atom. The minimum Gasteiger partial charge on any atom is -0.478 e. The van der Waals surface area contributed by atoms with E-state index in [-0.39, 0.29) is 5.56 Å². The maximum Gasteiger partial charge on any atom is 0.338 e. The molecule has 2 heterocycles. The highest BCUT2D eigenvalue weighted by atomic mass is 32.1. The lowest BCUT2D eigenvalue weighted by molar-refractivity contribution is 0.0699. The number of hydrogen-bond donors (Lipinski definition) is 1. The molecule has 0 spiro atoms. The van der Waals surface area contributed by atoms with Gasteiger partial charge >= 0.3 is 5.97 Å². The van der Waals surface area contributed by atoms with Crippen LogP contribution in [-0.2, 0) is 6.54 Å². The zero-order chi connectivity index (χ0) is 13.4. The van der Waals surface area contributed by atoms with Gasteiger partial charge in [-0.25, -0.2) is 14.5 Å². The van der Waals surface area contributed by atoms with E-state index in [1.165, 1.54) is 6.07 Å². The van der Waals surface area contributed by atoms with Gasteiger partial charge in [0.2, 0.25) is 0 Å². The van der Waals surface area contributed by atoms with Crippen LogP contribution in [0.1, 0.15) is 21.1 Å². The summed E-state index contributed by atoms with van der Waals surface area (Å²) in [5, 5.41) is 20.0. The van der Waals surface area contributed by atoms with Crippen LogP contribution in [0.2, 0.25) is 0 Å². The van der Waals surface area contributed by atoms with Gasteiger partial charge in [0, 0.05) is 5.38 Å². The highest BCUT2D eigenvalue weighted by Crippen LogP contribution is 2.17. The van der Waals surface area contributed by atoms with Gasteiger partial charge in [0.05, 0.1) is 28.3 Å². The van der Waals surface area contributed by atoms with Gasteiger partial charge in [-0.15, -0.1) is 16.4 Å². The minimum atomic E-state index is -0.998. The number of carboxylic acids is 1. The van der Waals surface area contributed by atoms with Crippen LogP contribution in [0.4, 0.5) is 0 Å². The Kier molecular flexibility index (Phi) is 2.75. The largest absolute Gasteiger partial charge is 0.478 e. The van der Waals surface area contributed by atoms with Crippen LogP contribution in [0.5, 0.6) is 0 Å². The molecule has 0 aliphatic heterocycles. The first-order chi connectivity index (χ1) is 9.15. The predicted molar refractivity (Wildman–Crippen MR) is 70.4 cm³/mol. The van der Waals surface area contributed by atoms with Crippen molar-refractivity contribution in [2.75, 3.05) is 0 Å². The van der Waals surface area contributed by atoms with Gasteiger partial charge in [0.15, 0.2) is 0 Å². The molecule has 19 heavy (non-hydrogen) atoms. The highest BCUT2D eigenvalue weighted by molar-refractivity contribution is 7.09. The molecule has 6 nitrogen and oxygen atoms in total. The molecule has 1 aromatic carbocycles. The van der Waals surface area contributed by atoms with E-state index >= 15 is 0 Å². The average Bonchev–Trinajstić information content (AvgIpc) is 2.97. The third-order valence-electron chi connectivity index (χ3n) is 2.75. The number of benzene rings is 1. The number of aromatic nitrogens is 4. The van der Waals surface area contributed by atoms with Crippen molar-refractivity contribution in [3.63, 3.8) is 0 Å². The second-order valence-corrected chi connectivity index (χ2v) is 5.15. The molecule has 0 saturated carbocycles. The van der Waals surface area contributed by atoms with Gasteiger partial charge in [-0.3, -0.25) is 0 Å². The van der Waals surface area contributed by atoms with Gasteiger partial charge in [0.25, 0.3) is 0 Å². The molecule has 0 radical (unpaired) electrons. The van der Waals surface area contributed by atoms with Crippen LogP contribution >= 0.6 is 11.3 Å². The Balaban J connectivity index is 2.06. The number of aromatic carboxylic acids is 1. The van der Waals surface area contributed by atoms with Crippen molar-refractivity contribution in [2.24, 2.45) is 0 Å². The standard InChI is InChI=1S/C12H10N4O2S/c1-7-13-8(6-19-7)5-16-10-4-2-3-9(12(17)18)11(10)14-15-16/h2-4,6H,5H2,1H3,(H,17,18). The van der Waals surface area contributed by atoms with Gasteiger partial charge < -0.3 is 5.11 Å². The number of nitrogens with zero attached hydrogens (tertiary/aromatic N) is 4. The van der Waals surface area contributed by atoms with Crippen LogP contribution in [-0.4, -0.2) is 31.1 Å². The summed E-state index contributed by atoms with van der Waals surface area (Å²) in [6, 6.07) is 5.02. The van der Waals surface area contributed by atoms with Crippen LogP contribution < -0.4 is 0 Å². The zero-order valence-electron chi connectivity index (χ0n) is 10.1. The molecule has 1 N–H and O–H groups in total. The number of carboxylic acid groups (broad SMARTS) is 1. The summed E-state index contributed by atoms with van der Waals surface area (Å²) in [4.78, 5) is 15.5. The maximum atomic E-state index is 11.1. The lowest BCUT2D eigenvalue weighted by Gasteiger charge is -1.99. The number of hydrogen-bond acceptors (Lipinski definition) is 5. The van der Waals surface area contributed by atoms with E-state index in [1.54, 1.807) is 28.2 Å². The summed E-state index contributed by atoms with van der Waals surface area (Å²) in [6.45, 7) is 2.43. The molecule has 7 heteroatoms. The van der Waals surface area contributed by atoms with E-state index < -0.39 is 5.97 Å². The summed E-state index contributed by atoms with van der Waals surface area (Å²) >= 11 is 1.57. The minimum absolute atomic E-state index is 0.165. The first-order valence-corrected chi connectivity index (χ1v) is 6.49. The van der Waals surface area contributed by atoms with Crippen molar-refractivity contribution < 1.29 is 9.90 Å². The van der Waals surface area contributed by atoms with Crippen molar-refractivity contribution in [1.29, 1.82) is 0 Å². The predicted octanol–water partition coefficient (Wildman–Crippen LogP) is 1.94. The normalized spacial score (nSPS) is 11.0. The third kappa shape index (κ3) is 2.08. The second kappa shape index (κ2) is 4.43. The molecule has 0 unspecified atom stereocenters. The van der Waals surface area contributed by atoms with Gasteiger partial charge in [-0.2, -0.15) is 0 Å². The van der Waals surface area contributed by atoms with Crippen LogP contribution in [0.3, 0.4) is 0 Å². The Labute approximate surface area is 112 Å². The number of carbonyl (C=O) groups is 1. The van der Waals surface area contributed by atoms with Crippen molar-refractivity contribution in [1.82, 2.24) is 20.0 Å². The summed E-state index contributed by atoms with van der Waals surface area (Å²) in [5.41, 5.74) is 2.17. The molecule has 0 aliphatic carbocycles.